The number of fused-ring (bicyclic) bond motifs is 2. The van der Waals surface area contributed by atoms with E-state index in [1.807, 2.05) is 19.9 Å². The van der Waals surface area contributed by atoms with Gasteiger partial charge in [0.25, 0.3) is 5.91 Å². The zero-order chi connectivity index (χ0) is 23.4. The van der Waals surface area contributed by atoms with Crippen molar-refractivity contribution in [2.45, 2.75) is 19.9 Å². The van der Waals surface area contributed by atoms with Crippen LogP contribution in [0.4, 0.5) is 5.69 Å². The maximum Gasteiger partial charge on any atom is 0.295 e. The van der Waals surface area contributed by atoms with Gasteiger partial charge in [-0.05, 0) is 73.0 Å². The first kappa shape index (κ1) is 21.6. The monoisotopic (exact) mass is 479 g/mol. The summed E-state index contributed by atoms with van der Waals surface area (Å²) in [5, 5.41) is 1.35. The van der Waals surface area contributed by atoms with Crippen LogP contribution < -0.4 is 15.1 Å². The minimum absolute atomic E-state index is 0.0302. The Labute approximate surface area is 200 Å². The highest BCUT2D eigenvalue weighted by atomic mass is 35.5. The molecule has 0 radical (unpaired) electrons. The molecule has 0 N–H and O–H groups in total. The van der Waals surface area contributed by atoms with Crippen LogP contribution in [0.5, 0.6) is 5.75 Å². The minimum atomic E-state index is -0.698. The molecule has 1 unspecified atom stereocenters. The Bertz CT molecular complexity index is 1490. The third kappa shape index (κ3) is 3.39. The molecule has 1 atom stereocenters. The number of amides is 1. The molecule has 33 heavy (non-hydrogen) atoms. The molecular formula is C26H19Cl2NO4. The third-order valence-corrected chi connectivity index (χ3v) is 6.63. The fraction of sp³-hybridized carbons (Fsp3) is 0.154. The van der Waals surface area contributed by atoms with Crippen molar-refractivity contribution in [3.05, 3.63) is 103 Å². The molecule has 0 bridgehead atoms. The zero-order valence-corrected chi connectivity index (χ0v) is 19.6. The highest BCUT2D eigenvalue weighted by Gasteiger charge is 2.43. The van der Waals surface area contributed by atoms with Gasteiger partial charge in [0.15, 0.2) is 5.43 Å². The Hall–Kier alpha value is -3.28. The maximum absolute atomic E-state index is 13.7. The molecule has 3 aromatic carbocycles. The van der Waals surface area contributed by atoms with E-state index >= 15 is 0 Å². The molecule has 4 aromatic rings. The van der Waals surface area contributed by atoms with Gasteiger partial charge in [0.2, 0.25) is 5.76 Å². The molecular weight excluding hydrogens is 461 g/mol. The summed E-state index contributed by atoms with van der Waals surface area (Å²) in [5.74, 6) is 0.101. The summed E-state index contributed by atoms with van der Waals surface area (Å²) >= 11 is 12.5. The largest absolute Gasteiger partial charge is 0.495 e. The summed E-state index contributed by atoms with van der Waals surface area (Å²) in [5.41, 5.74) is 3.65. The van der Waals surface area contributed by atoms with Crippen LogP contribution >= 0.6 is 23.2 Å². The van der Waals surface area contributed by atoms with Gasteiger partial charge in [-0.2, -0.15) is 0 Å². The Morgan fingerprint density at radius 1 is 0.939 bits per heavy atom. The molecule has 5 nitrogen and oxygen atoms in total. The van der Waals surface area contributed by atoms with Crippen molar-refractivity contribution in [1.29, 1.82) is 0 Å². The Kier molecular flexibility index (Phi) is 5.19. The average Bonchev–Trinajstić information content (AvgIpc) is 3.08. The van der Waals surface area contributed by atoms with Crippen molar-refractivity contribution in [1.82, 2.24) is 0 Å². The lowest BCUT2D eigenvalue weighted by atomic mass is 9.97. The summed E-state index contributed by atoms with van der Waals surface area (Å²) in [6.45, 7) is 3.88. The van der Waals surface area contributed by atoms with Crippen molar-refractivity contribution in [3.8, 4) is 5.75 Å². The molecule has 166 valence electrons. The summed E-state index contributed by atoms with van der Waals surface area (Å²) in [6.07, 6.45) is 0. The first-order chi connectivity index (χ1) is 15.8. The van der Waals surface area contributed by atoms with Crippen molar-refractivity contribution in [3.63, 3.8) is 0 Å². The number of ether oxygens (including phenoxy) is 1. The smallest absolute Gasteiger partial charge is 0.295 e. The van der Waals surface area contributed by atoms with Gasteiger partial charge in [0.1, 0.15) is 11.3 Å². The van der Waals surface area contributed by atoms with Gasteiger partial charge >= 0.3 is 0 Å². The van der Waals surface area contributed by atoms with Gasteiger partial charge in [-0.15, -0.1) is 0 Å². The second-order valence-electron chi connectivity index (χ2n) is 8.05. The number of hydrogen-bond donors (Lipinski definition) is 0. The quantitative estimate of drug-likeness (QED) is 0.337. The number of anilines is 1. The van der Waals surface area contributed by atoms with E-state index in [2.05, 4.69) is 0 Å². The maximum atomic E-state index is 13.7. The van der Waals surface area contributed by atoms with Gasteiger partial charge in [0.05, 0.1) is 29.1 Å². The molecule has 1 aromatic heterocycles. The molecule has 1 amide bonds. The molecule has 0 saturated heterocycles. The van der Waals surface area contributed by atoms with E-state index in [-0.39, 0.29) is 11.2 Å². The van der Waals surface area contributed by atoms with E-state index in [1.165, 1.54) is 12.0 Å². The highest BCUT2D eigenvalue weighted by Crippen LogP contribution is 2.43. The van der Waals surface area contributed by atoms with E-state index in [4.69, 9.17) is 32.4 Å². The lowest BCUT2D eigenvalue weighted by Crippen LogP contribution is -2.29. The van der Waals surface area contributed by atoms with Crippen LogP contribution in [0.3, 0.4) is 0 Å². The number of carbonyl (C=O) groups excluding carboxylic acids is 1. The Morgan fingerprint density at radius 2 is 1.64 bits per heavy atom. The van der Waals surface area contributed by atoms with Crippen LogP contribution in [0.2, 0.25) is 10.0 Å². The van der Waals surface area contributed by atoms with E-state index in [9.17, 15) is 9.59 Å². The Morgan fingerprint density at radius 3 is 2.30 bits per heavy atom. The highest BCUT2D eigenvalue weighted by molar-refractivity contribution is 6.32. The normalized spacial score (nSPS) is 15.2. The number of aryl methyl sites for hydroxylation is 2. The number of halogens is 2. The average molecular weight is 480 g/mol. The van der Waals surface area contributed by atoms with Crippen molar-refractivity contribution >= 4 is 45.8 Å². The van der Waals surface area contributed by atoms with Gasteiger partial charge in [0, 0.05) is 10.7 Å². The number of methoxy groups -OCH3 is 1. The standard InChI is InChI=1S/C26H19Cl2NO4/c1-13-10-18-21(11-14(13)2)33-25-22(24(18)30)23(15-4-6-16(27)7-5-15)29(26(25)31)17-8-9-20(32-3)19(28)12-17/h4-12,23H,1-3H3. The lowest BCUT2D eigenvalue weighted by Gasteiger charge is -2.25. The topological polar surface area (TPSA) is 59.8 Å². The summed E-state index contributed by atoms with van der Waals surface area (Å²) in [4.78, 5) is 28.9. The SMILES string of the molecule is COc1ccc(N2C(=O)c3oc4cc(C)c(C)cc4c(=O)c3C2c2ccc(Cl)cc2)cc1Cl. The van der Waals surface area contributed by atoms with Crippen molar-refractivity contribution < 1.29 is 13.9 Å². The van der Waals surface area contributed by atoms with Gasteiger partial charge in [-0.3, -0.25) is 14.5 Å². The second-order valence-corrected chi connectivity index (χ2v) is 8.90. The van der Waals surface area contributed by atoms with Crippen LogP contribution in [-0.2, 0) is 0 Å². The summed E-state index contributed by atoms with van der Waals surface area (Å²) in [6, 6.07) is 15.0. The van der Waals surface area contributed by atoms with E-state index < -0.39 is 11.9 Å². The number of hydrogen-bond acceptors (Lipinski definition) is 4. The zero-order valence-electron chi connectivity index (χ0n) is 18.1. The first-order valence-electron chi connectivity index (χ1n) is 10.3. The van der Waals surface area contributed by atoms with Crippen molar-refractivity contribution in [2.24, 2.45) is 0 Å². The van der Waals surface area contributed by atoms with Crippen LogP contribution in [0.25, 0.3) is 11.0 Å². The molecule has 1 aliphatic rings. The number of benzene rings is 3. The van der Waals surface area contributed by atoms with Crippen LogP contribution in [0.1, 0.15) is 38.9 Å². The van der Waals surface area contributed by atoms with Crippen molar-refractivity contribution in [2.75, 3.05) is 12.0 Å². The fourth-order valence-electron chi connectivity index (χ4n) is 4.26. The van der Waals surface area contributed by atoms with Gasteiger partial charge in [-0.25, -0.2) is 0 Å². The summed E-state index contributed by atoms with van der Waals surface area (Å²) < 4.78 is 11.3. The van der Waals surface area contributed by atoms with E-state index in [0.29, 0.717) is 38.0 Å². The molecule has 7 heteroatoms. The van der Waals surface area contributed by atoms with E-state index in [0.717, 1.165) is 16.7 Å². The van der Waals surface area contributed by atoms with Crippen LogP contribution in [-0.4, -0.2) is 13.0 Å². The number of carbonyl (C=O) groups is 1. The molecule has 1 aliphatic heterocycles. The molecule has 2 heterocycles. The summed E-state index contributed by atoms with van der Waals surface area (Å²) in [7, 11) is 1.52. The lowest BCUT2D eigenvalue weighted by molar-refractivity contribution is 0.0971. The fourth-order valence-corrected chi connectivity index (χ4v) is 4.64. The predicted molar refractivity (Wildman–Crippen MR) is 130 cm³/mol. The van der Waals surface area contributed by atoms with Gasteiger partial charge < -0.3 is 9.15 Å². The molecule has 0 aliphatic carbocycles. The number of nitrogens with zero attached hydrogens (tertiary/aromatic N) is 1. The van der Waals surface area contributed by atoms with Crippen LogP contribution in [0, 0.1) is 13.8 Å². The molecule has 0 spiro atoms. The van der Waals surface area contributed by atoms with Crippen LogP contribution in [0.15, 0.2) is 63.8 Å². The number of rotatable bonds is 3. The minimum Gasteiger partial charge on any atom is -0.495 e. The van der Waals surface area contributed by atoms with E-state index in [1.54, 1.807) is 48.5 Å². The predicted octanol–water partition coefficient (Wildman–Crippen LogP) is 6.48. The van der Waals surface area contributed by atoms with Gasteiger partial charge in [-0.1, -0.05) is 35.3 Å². The Balaban J connectivity index is 1.80. The third-order valence-electron chi connectivity index (χ3n) is 6.09. The molecule has 5 rings (SSSR count). The second kappa shape index (κ2) is 7.94. The first-order valence-corrected chi connectivity index (χ1v) is 11.1. The molecule has 0 fully saturated rings. The molecule has 0 saturated carbocycles.